The molecule has 0 fully saturated rings. The van der Waals surface area contributed by atoms with Gasteiger partial charge in [0.25, 0.3) is 0 Å². The van der Waals surface area contributed by atoms with Gasteiger partial charge in [0.15, 0.2) is 0 Å². The van der Waals surface area contributed by atoms with Crippen molar-refractivity contribution in [2.75, 3.05) is 13.6 Å². The molecule has 0 saturated carbocycles. The molecule has 0 N–H and O–H groups in total. The van der Waals surface area contributed by atoms with Crippen molar-refractivity contribution in [3.63, 3.8) is 0 Å². The molecule has 0 atom stereocenters. The maximum atomic E-state index is 4.52. The number of hydrogen-bond donors (Lipinski definition) is 0. The van der Waals surface area contributed by atoms with Crippen molar-refractivity contribution >= 4 is 0 Å². The Labute approximate surface area is 73.0 Å². The Bertz CT molecular complexity index is 301. The Morgan fingerprint density at radius 1 is 1.33 bits per heavy atom. The van der Waals surface area contributed by atoms with Gasteiger partial charge in [0.1, 0.15) is 5.82 Å². The smallest absolute Gasteiger partial charge is 0.105 e. The maximum Gasteiger partial charge on any atom is 0.105 e. The second kappa shape index (κ2) is 2.59. The van der Waals surface area contributed by atoms with Gasteiger partial charge in [0, 0.05) is 26.6 Å². The highest BCUT2D eigenvalue weighted by molar-refractivity contribution is 5.19. The predicted octanol–water partition coefficient (Wildman–Crippen LogP) is 0.716. The Balaban J connectivity index is 2.44. The first-order valence-electron chi connectivity index (χ1n) is 4.38. The van der Waals surface area contributed by atoms with Gasteiger partial charge in [-0.1, -0.05) is 0 Å². The summed E-state index contributed by atoms with van der Waals surface area (Å²) >= 11 is 0. The zero-order valence-electron chi connectivity index (χ0n) is 7.96. The first kappa shape index (κ1) is 7.80. The third-order valence-corrected chi connectivity index (χ3v) is 2.67. The van der Waals surface area contributed by atoms with E-state index in [4.69, 9.17) is 0 Å². The van der Waals surface area contributed by atoms with Crippen molar-refractivity contribution in [1.82, 2.24) is 14.5 Å². The summed E-state index contributed by atoms with van der Waals surface area (Å²) in [5, 5.41) is 0. The van der Waals surface area contributed by atoms with Crippen molar-refractivity contribution < 1.29 is 0 Å². The number of nitrogens with zero attached hydrogens (tertiary/aromatic N) is 3. The van der Waals surface area contributed by atoms with Gasteiger partial charge in [-0.25, -0.2) is 4.98 Å². The second-order valence-electron chi connectivity index (χ2n) is 3.60. The maximum absolute atomic E-state index is 4.52. The molecule has 3 heteroatoms. The van der Waals surface area contributed by atoms with Crippen LogP contribution >= 0.6 is 0 Å². The molecule has 0 aromatic carbocycles. The molecule has 1 aromatic heterocycles. The quantitative estimate of drug-likeness (QED) is 0.564. The highest BCUT2D eigenvalue weighted by Crippen LogP contribution is 2.17. The van der Waals surface area contributed by atoms with Gasteiger partial charge < -0.3 is 9.47 Å². The van der Waals surface area contributed by atoms with Crippen molar-refractivity contribution in [2.45, 2.75) is 19.9 Å². The van der Waals surface area contributed by atoms with Crippen LogP contribution in [0.15, 0.2) is 0 Å². The number of aryl methyl sites for hydroxylation is 1. The first-order valence-corrected chi connectivity index (χ1v) is 4.38. The van der Waals surface area contributed by atoms with Crippen molar-refractivity contribution in [2.24, 2.45) is 7.05 Å². The van der Waals surface area contributed by atoms with Crippen LogP contribution in [-0.2, 0) is 20.0 Å². The van der Waals surface area contributed by atoms with Gasteiger partial charge in [-0.2, -0.15) is 0 Å². The van der Waals surface area contributed by atoms with E-state index in [9.17, 15) is 0 Å². The molecule has 2 rings (SSSR count). The van der Waals surface area contributed by atoms with Crippen molar-refractivity contribution in [3.05, 3.63) is 17.2 Å². The predicted molar refractivity (Wildman–Crippen MR) is 48.0 cm³/mol. The third-order valence-electron chi connectivity index (χ3n) is 2.67. The van der Waals surface area contributed by atoms with Gasteiger partial charge in [-0.3, -0.25) is 0 Å². The number of fused-ring (bicyclic) bond motifs is 1. The fourth-order valence-electron chi connectivity index (χ4n) is 1.75. The SMILES string of the molecule is Cc1nc2c(n1C)CN(C)CC2. The van der Waals surface area contributed by atoms with Crippen LogP contribution in [0, 0.1) is 6.92 Å². The first-order chi connectivity index (χ1) is 5.68. The normalized spacial score (nSPS) is 17.9. The molecule has 0 bridgehead atoms. The number of likely N-dealkylation sites (N-methyl/N-ethyl adjacent to an activating group) is 1. The van der Waals surface area contributed by atoms with Crippen LogP contribution in [0.25, 0.3) is 0 Å². The third kappa shape index (κ3) is 1.05. The second-order valence-corrected chi connectivity index (χ2v) is 3.60. The molecule has 0 amide bonds. The number of aromatic nitrogens is 2. The number of hydrogen-bond acceptors (Lipinski definition) is 2. The average Bonchev–Trinajstić information content (AvgIpc) is 2.31. The largest absolute Gasteiger partial charge is 0.334 e. The fourth-order valence-corrected chi connectivity index (χ4v) is 1.75. The van der Waals surface area contributed by atoms with Crippen molar-refractivity contribution in [1.29, 1.82) is 0 Å². The van der Waals surface area contributed by atoms with Crippen LogP contribution < -0.4 is 0 Å². The highest BCUT2D eigenvalue weighted by Gasteiger charge is 2.18. The molecule has 1 aromatic rings. The molecule has 0 aliphatic carbocycles. The fraction of sp³-hybridized carbons (Fsp3) is 0.667. The van der Waals surface area contributed by atoms with E-state index in [1.807, 2.05) is 0 Å². The van der Waals surface area contributed by atoms with E-state index in [-0.39, 0.29) is 0 Å². The molecule has 66 valence electrons. The number of imidazole rings is 1. The van der Waals surface area contributed by atoms with Gasteiger partial charge in [0.2, 0.25) is 0 Å². The van der Waals surface area contributed by atoms with Gasteiger partial charge in [0.05, 0.1) is 11.4 Å². The molecule has 0 spiro atoms. The van der Waals surface area contributed by atoms with E-state index in [0.29, 0.717) is 0 Å². The molecule has 2 heterocycles. The summed E-state index contributed by atoms with van der Waals surface area (Å²) in [4.78, 5) is 6.86. The Hall–Kier alpha value is -0.830. The molecular weight excluding hydrogens is 150 g/mol. The van der Waals surface area contributed by atoms with Gasteiger partial charge in [-0.05, 0) is 14.0 Å². The summed E-state index contributed by atoms with van der Waals surface area (Å²) in [5.41, 5.74) is 2.69. The standard InChI is InChI=1S/C9H15N3/c1-7-10-8-4-5-11(2)6-9(8)12(7)3/h4-6H2,1-3H3. The summed E-state index contributed by atoms with van der Waals surface area (Å²) in [7, 11) is 4.26. The summed E-state index contributed by atoms with van der Waals surface area (Å²) < 4.78 is 2.20. The lowest BCUT2D eigenvalue weighted by Crippen LogP contribution is -2.27. The average molecular weight is 165 g/mol. The van der Waals surface area contributed by atoms with E-state index in [1.165, 1.54) is 11.4 Å². The molecular formula is C9H15N3. The molecule has 3 nitrogen and oxygen atoms in total. The van der Waals surface area contributed by atoms with Crippen LogP contribution in [0.5, 0.6) is 0 Å². The summed E-state index contributed by atoms with van der Waals surface area (Å²) in [6.07, 6.45) is 1.10. The molecule has 1 aliphatic rings. The Morgan fingerprint density at radius 2 is 2.08 bits per heavy atom. The number of rotatable bonds is 0. The molecule has 1 aliphatic heterocycles. The minimum atomic E-state index is 1.05. The lowest BCUT2D eigenvalue weighted by Gasteiger charge is -2.22. The lowest BCUT2D eigenvalue weighted by atomic mass is 10.1. The summed E-state index contributed by atoms with van der Waals surface area (Å²) in [6, 6.07) is 0. The lowest BCUT2D eigenvalue weighted by molar-refractivity contribution is 0.303. The van der Waals surface area contributed by atoms with E-state index < -0.39 is 0 Å². The Morgan fingerprint density at radius 3 is 2.83 bits per heavy atom. The van der Waals surface area contributed by atoms with Gasteiger partial charge >= 0.3 is 0 Å². The monoisotopic (exact) mass is 165 g/mol. The van der Waals surface area contributed by atoms with Crippen LogP contribution in [-0.4, -0.2) is 28.0 Å². The molecule has 0 unspecified atom stereocenters. The van der Waals surface area contributed by atoms with Crippen LogP contribution in [0.2, 0.25) is 0 Å². The molecule has 12 heavy (non-hydrogen) atoms. The highest BCUT2D eigenvalue weighted by atomic mass is 15.2. The van der Waals surface area contributed by atoms with Crippen molar-refractivity contribution in [3.8, 4) is 0 Å². The van der Waals surface area contributed by atoms with Crippen LogP contribution in [0.4, 0.5) is 0 Å². The summed E-state index contributed by atoms with van der Waals surface area (Å²) in [6.45, 7) is 4.26. The van der Waals surface area contributed by atoms with E-state index in [2.05, 4.69) is 35.5 Å². The zero-order valence-corrected chi connectivity index (χ0v) is 7.96. The van der Waals surface area contributed by atoms with Crippen LogP contribution in [0.3, 0.4) is 0 Å². The summed E-state index contributed by atoms with van der Waals surface area (Å²) in [5.74, 6) is 1.13. The van der Waals surface area contributed by atoms with E-state index in [0.717, 1.165) is 25.3 Å². The van der Waals surface area contributed by atoms with E-state index >= 15 is 0 Å². The zero-order chi connectivity index (χ0) is 8.72. The van der Waals surface area contributed by atoms with E-state index in [1.54, 1.807) is 0 Å². The van der Waals surface area contributed by atoms with Gasteiger partial charge in [-0.15, -0.1) is 0 Å². The minimum absolute atomic E-state index is 1.05. The Kier molecular flexibility index (Phi) is 1.68. The minimum Gasteiger partial charge on any atom is -0.334 e. The molecule has 0 saturated heterocycles. The van der Waals surface area contributed by atoms with Crippen LogP contribution in [0.1, 0.15) is 17.2 Å². The molecule has 0 radical (unpaired) electrons. The topological polar surface area (TPSA) is 21.1 Å².